The van der Waals surface area contributed by atoms with Crippen molar-refractivity contribution in [2.24, 2.45) is 11.7 Å². The summed E-state index contributed by atoms with van der Waals surface area (Å²) in [4.78, 5) is 60.2. The van der Waals surface area contributed by atoms with Gasteiger partial charge in [-0.15, -0.1) is 0 Å². The predicted octanol–water partition coefficient (Wildman–Crippen LogP) is -0.553. The number of nitrogens with one attached hydrogen (secondary N) is 3. The number of hydrogen-bond acceptors (Lipinski definition) is 8. The average molecular weight is 495 g/mol. The number of hydrogen-bond donors (Lipinski definition) is 7. The average Bonchev–Trinajstić information content (AvgIpc) is 2.75. The number of rotatable bonds is 16. The Kier molecular flexibility index (Phi) is 14.8. The monoisotopic (exact) mass is 494 g/mol. The number of thiol groups is 1. The van der Waals surface area contributed by atoms with Crippen LogP contribution in [-0.4, -0.2) is 81.8 Å². The van der Waals surface area contributed by atoms with E-state index in [1.807, 2.05) is 6.26 Å². The van der Waals surface area contributed by atoms with Crippen molar-refractivity contribution in [1.82, 2.24) is 16.0 Å². The largest absolute Gasteiger partial charge is 0.481 e. The van der Waals surface area contributed by atoms with Crippen LogP contribution < -0.4 is 21.7 Å². The van der Waals surface area contributed by atoms with Gasteiger partial charge in [0.25, 0.3) is 0 Å². The molecule has 0 bridgehead atoms. The van der Waals surface area contributed by atoms with Crippen LogP contribution in [0.3, 0.4) is 0 Å². The highest BCUT2D eigenvalue weighted by Gasteiger charge is 2.31. The fraction of sp³-hybridized carbons (Fsp3) is 0.737. The van der Waals surface area contributed by atoms with Gasteiger partial charge in [0.15, 0.2) is 0 Å². The SMILES string of the molecule is CCC(C)C(NC(=O)C(CCSC)NC(=O)C(CCC(=O)O)NC(=O)C(N)CS)C(=O)O. The minimum Gasteiger partial charge on any atom is -0.481 e. The number of carboxylic acids is 2. The van der Waals surface area contributed by atoms with E-state index in [2.05, 4.69) is 28.6 Å². The van der Waals surface area contributed by atoms with Gasteiger partial charge in [-0.3, -0.25) is 19.2 Å². The first-order valence-electron chi connectivity index (χ1n) is 10.2. The van der Waals surface area contributed by atoms with Gasteiger partial charge in [-0.2, -0.15) is 24.4 Å². The lowest BCUT2D eigenvalue weighted by Gasteiger charge is -2.26. The molecule has 0 aromatic rings. The summed E-state index contributed by atoms with van der Waals surface area (Å²) in [5.74, 6) is -4.28. The Morgan fingerprint density at radius 2 is 1.50 bits per heavy atom. The molecular weight excluding hydrogens is 460 g/mol. The molecule has 11 nitrogen and oxygen atoms in total. The highest BCUT2D eigenvalue weighted by Crippen LogP contribution is 2.10. The van der Waals surface area contributed by atoms with Gasteiger partial charge in [0.2, 0.25) is 17.7 Å². The zero-order valence-corrected chi connectivity index (χ0v) is 20.2. The molecule has 3 amide bonds. The topological polar surface area (TPSA) is 188 Å². The maximum atomic E-state index is 12.8. The van der Waals surface area contributed by atoms with Crippen LogP contribution in [-0.2, 0) is 24.0 Å². The summed E-state index contributed by atoms with van der Waals surface area (Å²) in [6.07, 6.45) is 1.93. The van der Waals surface area contributed by atoms with Crippen LogP contribution in [0.5, 0.6) is 0 Å². The molecular formula is C19H34N4O7S2. The van der Waals surface area contributed by atoms with E-state index in [0.29, 0.717) is 12.2 Å². The highest BCUT2D eigenvalue weighted by atomic mass is 32.2. The molecule has 32 heavy (non-hydrogen) atoms. The predicted molar refractivity (Wildman–Crippen MR) is 125 cm³/mol. The van der Waals surface area contributed by atoms with E-state index in [1.165, 1.54) is 11.8 Å². The molecule has 0 radical (unpaired) electrons. The van der Waals surface area contributed by atoms with Gasteiger partial charge < -0.3 is 31.9 Å². The number of carboxylic acid groups (broad SMARTS) is 2. The number of thioether (sulfide) groups is 1. The fourth-order valence-electron chi connectivity index (χ4n) is 2.61. The van der Waals surface area contributed by atoms with Crippen LogP contribution in [0.15, 0.2) is 0 Å². The highest BCUT2D eigenvalue weighted by molar-refractivity contribution is 7.98. The Hall–Kier alpha value is -1.99. The molecule has 184 valence electrons. The Balaban J connectivity index is 5.51. The quantitative estimate of drug-likeness (QED) is 0.138. The van der Waals surface area contributed by atoms with Gasteiger partial charge >= 0.3 is 11.9 Å². The molecule has 0 saturated heterocycles. The summed E-state index contributed by atoms with van der Waals surface area (Å²) < 4.78 is 0. The number of carbonyl (C=O) groups excluding carboxylic acids is 3. The van der Waals surface area contributed by atoms with Crippen molar-refractivity contribution in [3.05, 3.63) is 0 Å². The van der Waals surface area contributed by atoms with Crippen molar-refractivity contribution >= 4 is 54.1 Å². The molecule has 13 heteroatoms. The smallest absolute Gasteiger partial charge is 0.326 e. The van der Waals surface area contributed by atoms with Crippen molar-refractivity contribution < 1.29 is 34.2 Å². The first-order chi connectivity index (χ1) is 15.0. The van der Waals surface area contributed by atoms with Gasteiger partial charge in [-0.1, -0.05) is 20.3 Å². The minimum atomic E-state index is -1.24. The minimum absolute atomic E-state index is 0.0179. The lowest BCUT2D eigenvalue weighted by Crippen LogP contribution is -2.58. The van der Waals surface area contributed by atoms with E-state index >= 15 is 0 Å². The zero-order chi connectivity index (χ0) is 24.8. The second-order valence-electron chi connectivity index (χ2n) is 7.34. The lowest BCUT2D eigenvalue weighted by molar-refractivity contribution is -0.143. The standard InChI is InChI=1S/C19H34N4O7S2/c1-4-10(2)15(19(29)30)23-18(28)13(7-8-32-3)22-17(27)12(5-6-14(24)25)21-16(26)11(20)9-31/h10-13,15,31H,4-9,20H2,1-3H3,(H,21,26)(H,22,27)(H,23,28)(H,24,25)(H,29,30). The zero-order valence-electron chi connectivity index (χ0n) is 18.5. The second kappa shape index (κ2) is 15.8. The van der Waals surface area contributed by atoms with E-state index < -0.39 is 60.2 Å². The number of carbonyl (C=O) groups is 5. The first kappa shape index (κ1) is 30.0. The second-order valence-corrected chi connectivity index (χ2v) is 8.69. The van der Waals surface area contributed by atoms with Crippen LogP contribution in [0.1, 0.15) is 39.5 Å². The van der Waals surface area contributed by atoms with Gasteiger partial charge in [0.1, 0.15) is 18.1 Å². The Morgan fingerprint density at radius 1 is 0.969 bits per heavy atom. The third-order valence-electron chi connectivity index (χ3n) is 4.83. The molecule has 0 aliphatic carbocycles. The Bertz CT molecular complexity index is 666. The van der Waals surface area contributed by atoms with Gasteiger partial charge in [-0.05, 0) is 30.8 Å². The molecule has 0 fully saturated rings. The third kappa shape index (κ3) is 11.0. The first-order valence-corrected chi connectivity index (χ1v) is 12.2. The third-order valence-corrected chi connectivity index (χ3v) is 5.87. The molecule has 5 unspecified atom stereocenters. The van der Waals surface area contributed by atoms with Crippen molar-refractivity contribution in [2.45, 2.75) is 63.7 Å². The normalized spacial score (nSPS) is 15.5. The molecule has 0 aromatic heterocycles. The van der Waals surface area contributed by atoms with E-state index in [4.69, 9.17) is 10.8 Å². The molecule has 0 heterocycles. The summed E-state index contributed by atoms with van der Waals surface area (Å²) in [6, 6.07) is -4.43. The maximum absolute atomic E-state index is 12.8. The van der Waals surface area contributed by atoms with E-state index in [-0.39, 0.29) is 24.5 Å². The Labute approximate surface area is 197 Å². The van der Waals surface area contributed by atoms with Crippen LogP contribution in [0, 0.1) is 5.92 Å². The Morgan fingerprint density at radius 3 is 1.97 bits per heavy atom. The molecule has 5 atom stereocenters. The molecule has 7 N–H and O–H groups in total. The number of aliphatic carboxylic acids is 2. The van der Waals surface area contributed by atoms with Crippen LogP contribution in [0.4, 0.5) is 0 Å². The van der Waals surface area contributed by atoms with E-state index in [9.17, 15) is 29.1 Å². The summed E-state index contributed by atoms with van der Waals surface area (Å²) in [5.41, 5.74) is 5.60. The van der Waals surface area contributed by atoms with Crippen LogP contribution >= 0.6 is 24.4 Å². The van der Waals surface area contributed by atoms with Gasteiger partial charge in [0.05, 0.1) is 6.04 Å². The van der Waals surface area contributed by atoms with Crippen molar-refractivity contribution in [3.63, 3.8) is 0 Å². The summed E-state index contributed by atoms with van der Waals surface area (Å²) >= 11 is 5.35. The van der Waals surface area contributed by atoms with Crippen molar-refractivity contribution in [2.75, 3.05) is 17.8 Å². The molecule has 0 aliphatic heterocycles. The molecule has 0 rings (SSSR count). The molecule has 0 spiro atoms. The van der Waals surface area contributed by atoms with E-state index in [0.717, 1.165) is 0 Å². The van der Waals surface area contributed by atoms with Crippen LogP contribution in [0.2, 0.25) is 0 Å². The number of nitrogens with two attached hydrogens (primary N) is 1. The lowest BCUT2D eigenvalue weighted by atomic mass is 9.98. The van der Waals surface area contributed by atoms with Crippen molar-refractivity contribution in [1.29, 1.82) is 0 Å². The van der Waals surface area contributed by atoms with Gasteiger partial charge in [0, 0.05) is 12.2 Å². The van der Waals surface area contributed by atoms with Crippen LogP contribution in [0.25, 0.3) is 0 Å². The molecule has 0 saturated carbocycles. The fourth-order valence-corrected chi connectivity index (χ4v) is 3.25. The maximum Gasteiger partial charge on any atom is 0.326 e. The summed E-state index contributed by atoms with van der Waals surface area (Å²) in [5, 5.41) is 25.7. The number of amides is 3. The molecule has 0 aromatic carbocycles. The van der Waals surface area contributed by atoms with Crippen molar-refractivity contribution in [3.8, 4) is 0 Å². The van der Waals surface area contributed by atoms with Gasteiger partial charge in [-0.25, -0.2) is 4.79 Å². The summed E-state index contributed by atoms with van der Waals surface area (Å²) in [7, 11) is 0. The summed E-state index contributed by atoms with van der Waals surface area (Å²) in [6.45, 7) is 3.49. The van der Waals surface area contributed by atoms with E-state index in [1.54, 1.807) is 13.8 Å². The molecule has 0 aliphatic rings.